The van der Waals surface area contributed by atoms with Crippen molar-refractivity contribution >= 4 is 67.6 Å². The van der Waals surface area contributed by atoms with Crippen LogP contribution in [0.15, 0.2) is 42.5 Å². The summed E-state index contributed by atoms with van der Waals surface area (Å²) in [5.74, 6) is -0.369. The highest BCUT2D eigenvalue weighted by molar-refractivity contribution is 14.1. The molecule has 0 spiro atoms. The first-order valence-electron chi connectivity index (χ1n) is 9.54. The summed E-state index contributed by atoms with van der Waals surface area (Å²) in [7, 11) is 0. The third kappa shape index (κ3) is 5.47. The molecule has 0 aliphatic carbocycles. The largest absolute Gasteiger partial charge is 0.379 e. The fourth-order valence-electron chi connectivity index (χ4n) is 3.34. The maximum absolute atomic E-state index is 13.6. The number of fused-ring (bicyclic) bond motifs is 1. The number of hydrogen-bond donors (Lipinski definition) is 0. The lowest BCUT2D eigenvalue weighted by Crippen LogP contribution is -2.39. The van der Waals surface area contributed by atoms with Crippen LogP contribution >= 0.6 is 46.3 Å². The molecule has 4 rings (SSSR count). The summed E-state index contributed by atoms with van der Waals surface area (Å²) in [6.45, 7) is 4.82. The predicted octanol–water partition coefficient (Wildman–Crippen LogP) is 4.83. The number of thiazole rings is 1. The summed E-state index contributed by atoms with van der Waals surface area (Å²) in [5, 5.41) is 0.609. The van der Waals surface area contributed by atoms with E-state index in [9.17, 15) is 9.18 Å². The number of benzene rings is 2. The second-order valence-electron chi connectivity index (χ2n) is 6.85. The van der Waals surface area contributed by atoms with Gasteiger partial charge in [-0.05, 0) is 59.3 Å². The fraction of sp³-hybridized carbons (Fsp3) is 0.333. The van der Waals surface area contributed by atoms with E-state index in [1.54, 1.807) is 11.0 Å². The van der Waals surface area contributed by atoms with E-state index in [0.717, 1.165) is 47.5 Å². The molecule has 3 aromatic rings. The lowest BCUT2D eigenvalue weighted by Gasteiger charge is -2.27. The number of morpholine rings is 1. The normalized spacial score (nSPS) is 14.5. The Hall–Kier alpha value is -1.33. The first-order chi connectivity index (χ1) is 14.1. The Balaban J connectivity index is 0.00000256. The molecule has 1 fully saturated rings. The van der Waals surface area contributed by atoms with Crippen LogP contribution in [0, 0.1) is 9.39 Å². The van der Waals surface area contributed by atoms with Crippen LogP contribution in [0.25, 0.3) is 10.2 Å². The molecule has 0 saturated carbocycles. The number of nitrogens with zero attached hydrogens (tertiary/aromatic N) is 3. The second kappa shape index (κ2) is 10.8. The molecular formula is C21H22ClFIN3O2S. The van der Waals surface area contributed by atoms with Crippen molar-refractivity contribution in [3.63, 3.8) is 0 Å². The van der Waals surface area contributed by atoms with Crippen LogP contribution < -0.4 is 4.90 Å². The lowest BCUT2D eigenvalue weighted by molar-refractivity contribution is 0.0376. The number of aromatic nitrogens is 1. The van der Waals surface area contributed by atoms with E-state index in [1.807, 2.05) is 24.3 Å². The third-order valence-electron chi connectivity index (χ3n) is 4.88. The summed E-state index contributed by atoms with van der Waals surface area (Å²) in [6, 6.07) is 12.1. The number of halogens is 3. The summed E-state index contributed by atoms with van der Waals surface area (Å²) in [4.78, 5) is 22.1. The number of amides is 1. The molecule has 2 heterocycles. The highest BCUT2D eigenvalue weighted by Crippen LogP contribution is 2.31. The number of ether oxygens (including phenoxy) is 1. The molecule has 1 aliphatic heterocycles. The van der Waals surface area contributed by atoms with Crippen LogP contribution in [-0.2, 0) is 4.74 Å². The standard InChI is InChI=1S/C21H21FIN3O2S.ClH/c22-15-6-7-18-19(14-15)29-21(24-18)26(9-3-8-25-10-12-28-13-11-25)20(27)16-4-1-2-5-17(16)23;/h1-2,4-7,14H,3,8-13H2;1H. The van der Waals surface area contributed by atoms with Gasteiger partial charge in [-0.3, -0.25) is 14.6 Å². The van der Waals surface area contributed by atoms with Crippen LogP contribution in [0.4, 0.5) is 9.52 Å². The summed E-state index contributed by atoms with van der Waals surface area (Å²) < 4.78 is 20.7. The van der Waals surface area contributed by atoms with Gasteiger partial charge in [0, 0.05) is 29.7 Å². The molecule has 1 amide bonds. The molecule has 160 valence electrons. The Labute approximate surface area is 198 Å². The number of carbonyl (C=O) groups excluding carboxylic acids is 1. The molecule has 2 aromatic carbocycles. The minimum absolute atomic E-state index is 0. The van der Waals surface area contributed by atoms with Gasteiger partial charge >= 0.3 is 0 Å². The van der Waals surface area contributed by atoms with E-state index in [0.29, 0.717) is 22.8 Å². The maximum Gasteiger partial charge on any atom is 0.261 e. The zero-order valence-electron chi connectivity index (χ0n) is 16.2. The van der Waals surface area contributed by atoms with Crippen molar-refractivity contribution in [2.24, 2.45) is 0 Å². The highest BCUT2D eigenvalue weighted by atomic mass is 127. The van der Waals surface area contributed by atoms with E-state index in [1.165, 1.54) is 23.5 Å². The van der Waals surface area contributed by atoms with Gasteiger partial charge in [-0.1, -0.05) is 23.5 Å². The molecule has 30 heavy (non-hydrogen) atoms. The maximum atomic E-state index is 13.6. The van der Waals surface area contributed by atoms with E-state index < -0.39 is 0 Å². The van der Waals surface area contributed by atoms with Crippen molar-refractivity contribution in [3.05, 3.63) is 57.4 Å². The lowest BCUT2D eigenvalue weighted by atomic mass is 10.2. The third-order valence-corrected chi connectivity index (χ3v) is 6.86. The van der Waals surface area contributed by atoms with Gasteiger partial charge in [-0.15, -0.1) is 12.4 Å². The van der Waals surface area contributed by atoms with Crippen LogP contribution in [0.3, 0.4) is 0 Å². The minimum atomic E-state index is -0.296. The molecule has 0 N–H and O–H groups in total. The molecule has 1 saturated heterocycles. The Morgan fingerprint density at radius 1 is 1.23 bits per heavy atom. The predicted molar refractivity (Wildman–Crippen MR) is 130 cm³/mol. The zero-order valence-corrected chi connectivity index (χ0v) is 20.0. The molecule has 9 heteroatoms. The Kier molecular flexibility index (Phi) is 8.41. The van der Waals surface area contributed by atoms with Crippen molar-refractivity contribution in [1.29, 1.82) is 0 Å². The van der Waals surface area contributed by atoms with Crippen LogP contribution in [-0.4, -0.2) is 55.2 Å². The average Bonchev–Trinajstić information content (AvgIpc) is 3.14. The SMILES string of the molecule is Cl.O=C(c1ccccc1I)N(CCCN1CCOCC1)c1nc2ccc(F)cc2s1. The molecular weight excluding hydrogens is 540 g/mol. The first-order valence-corrected chi connectivity index (χ1v) is 11.4. The quantitative estimate of drug-likeness (QED) is 0.405. The van der Waals surface area contributed by atoms with Gasteiger partial charge in [0.1, 0.15) is 5.82 Å². The average molecular weight is 562 g/mol. The van der Waals surface area contributed by atoms with Crippen LogP contribution in [0.5, 0.6) is 0 Å². The number of anilines is 1. The van der Waals surface area contributed by atoms with Gasteiger partial charge < -0.3 is 4.74 Å². The summed E-state index contributed by atoms with van der Waals surface area (Å²) >= 11 is 3.54. The molecule has 0 atom stereocenters. The minimum Gasteiger partial charge on any atom is -0.379 e. The van der Waals surface area contributed by atoms with Crippen LogP contribution in [0.2, 0.25) is 0 Å². The van der Waals surface area contributed by atoms with E-state index in [-0.39, 0.29) is 24.1 Å². The van der Waals surface area contributed by atoms with Gasteiger partial charge in [-0.2, -0.15) is 0 Å². The van der Waals surface area contributed by atoms with Crippen molar-refractivity contribution < 1.29 is 13.9 Å². The van der Waals surface area contributed by atoms with Crippen LogP contribution in [0.1, 0.15) is 16.8 Å². The van der Waals surface area contributed by atoms with Crippen molar-refractivity contribution in [2.75, 3.05) is 44.3 Å². The Morgan fingerprint density at radius 3 is 2.77 bits per heavy atom. The molecule has 0 bridgehead atoms. The molecule has 0 radical (unpaired) electrons. The first kappa shape index (κ1) is 23.3. The van der Waals surface area contributed by atoms with Crippen molar-refractivity contribution in [1.82, 2.24) is 9.88 Å². The summed E-state index contributed by atoms with van der Waals surface area (Å²) in [5.41, 5.74) is 1.37. The van der Waals surface area contributed by atoms with E-state index in [4.69, 9.17) is 4.74 Å². The molecule has 0 unspecified atom stereocenters. The second-order valence-corrected chi connectivity index (χ2v) is 9.02. The Morgan fingerprint density at radius 2 is 2.00 bits per heavy atom. The molecule has 5 nitrogen and oxygen atoms in total. The van der Waals surface area contributed by atoms with Crippen molar-refractivity contribution in [3.8, 4) is 0 Å². The topological polar surface area (TPSA) is 45.7 Å². The van der Waals surface area contributed by atoms with Gasteiger partial charge in [-0.25, -0.2) is 9.37 Å². The van der Waals surface area contributed by atoms with Gasteiger partial charge in [0.2, 0.25) is 0 Å². The van der Waals surface area contributed by atoms with Gasteiger partial charge in [0.05, 0.1) is 29.0 Å². The van der Waals surface area contributed by atoms with Gasteiger partial charge in [0.25, 0.3) is 5.91 Å². The molecule has 1 aliphatic rings. The highest BCUT2D eigenvalue weighted by Gasteiger charge is 2.23. The number of hydrogen-bond acceptors (Lipinski definition) is 5. The number of rotatable bonds is 6. The van der Waals surface area contributed by atoms with Crippen molar-refractivity contribution in [2.45, 2.75) is 6.42 Å². The van der Waals surface area contributed by atoms with E-state index >= 15 is 0 Å². The summed E-state index contributed by atoms with van der Waals surface area (Å²) in [6.07, 6.45) is 0.833. The number of carbonyl (C=O) groups is 1. The fourth-order valence-corrected chi connectivity index (χ4v) is 4.98. The monoisotopic (exact) mass is 561 g/mol. The van der Waals surface area contributed by atoms with Gasteiger partial charge in [0.15, 0.2) is 5.13 Å². The molecule has 1 aromatic heterocycles. The zero-order chi connectivity index (χ0) is 20.2. The smallest absolute Gasteiger partial charge is 0.261 e. The van der Waals surface area contributed by atoms with E-state index in [2.05, 4.69) is 32.5 Å². The Bertz CT molecular complexity index is 1010.